The van der Waals surface area contributed by atoms with E-state index in [9.17, 15) is 4.79 Å². The molecule has 2 aliphatic rings. The molecule has 0 atom stereocenters. The molecule has 2 saturated heterocycles. The summed E-state index contributed by atoms with van der Waals surface area (Å²) in [6, 6.07) is 18.1. The molecule has 2 aromatic carbocycles. The van der Waals surface area contributed by atoms with E-state index in [-0.39, 0.29) is 5.91 Å². The van der Waals surface area contributed by atoms with Gasteiger partial charge in [0.05, 0.1) is 36.3 Å². The van der Waals surface area contributed by atoms with Crippen molar-refractivity contribution in [2.45, 2.75) is 25.8 Å². The molecular weight excluding hydrogens is 526 g/mol. The highest BCUT2D eigenvalue weighted by molar-refractivity contribution is 6.09. The summed E-state index contributed by atoms with van der Waals surface area (Å²) >= 11 is 0. The number of nitrogens with one attached hydrogen (secondary N) is 3. The van der Waals surface area contributed by atoms with Crippen LogP contribution in [-0.4, -0.2) is 81.8 Å². The molecular formula is C33H37N7O2. The topological polar surface area (TPSA) is 102 Å². The van der Waals surface area contributed by atoms with Gasteiger partial charge in [0.15, 0.2) is 0 Å². The van der Waals surface area contributed by atoms with Gasteiger partial charge in [0.2, 0.25) is 0 Å². The van der Waals surface area contributed by atoms with Gasteiger partial charge in [0, 0.05) is 42.1 Å². The van der Waals surface area contributed by atoms with Gasteiger partial charge in [-0.05, 0) is 92.3 Å². The fraction of sp³-hybridized carbons (Fsp3) is 0.364. The predicted octanol–water partition coefficient (Wildman–Crippen LogP) is 5.29. The van der Waals surface area contributed by atoms with Crippen LogP contribution in [0.3, 0.4) is 0 Å². The van der Waals surface area contributed by atoms with Crippen molar-refractivity contribution in [3.63, 3.8) is 0 Å². The van der Waals surface area contributed by atoms with E-state index in [0.717, 1.165) is 90.5 Å². The van der Waals surface area contributed by atoms with Gasteiger partial charge in [0.25, 0.3) is 5.91 Å². The first kappa shape index (κ1) is 26.8. The Morgan fingerprint density at radius 2 is 1.81 bits per heavy atom. The number of fused-ring (bicyclic) bond motifs is 2. The van der Waals surface area contributed by atoms with Crippen LogP contribution in [0.5, 0.6) is 0 Å². The number of amides is 1. The van der Waals surface area contributed by atoms with E-state index in [1.165, 1.54) is 25.8 Å². The Kier molecular flexibility index (Phi) is 7.70. The number of benzene rings is 2. The third-order valence-corrected chi connectivity index (χ3v) is 8.80. The van der Waals surface area contributed by atoms with Crippen LogP contribution >= 0.6 is 0 Å². The van der Waals surface area contributed by atoms with Crippen molar-refractivity contribution < 1.29 is 9.53 Å². The number of hydrogen-bond donors (Lipinski definition) is 3. The standard InChI is InChI=1S/C33H37N7O2/c41-33(37-31-19-24(20-32-28(31)21-35-38-32)26-4-2-5-29-27(26)7-11-34-29)30-6-1-3-25(36-30)22-40-13-9-23(10-14-40)8-12-39-15-17-42-18-16-39/h1-7,11,19-21,23,34H,8-10,12-18,22H2,(H,35,38)(H,37,41). The largest absolute Gasteiger partial charge is 0.379 e. The second-order valence-electron chi connectivity index (χ2n) is 11.5. The first-order chi connectivity index (χ1) is 20.7. The lowest BCUT2D eigenvalue weighted by atomic mass is 9.93. The van der Waals surface area contributed by atoms with Crippen LogP contribution in [0.15, 0.2) is 67.0 Å². The summed E-state index contributed by atoms with van der Waals surface area (Å²) in [5.41, 5.74) is 6.08. The Bertz CT molecular complexity index is 1680. The molecule has 2 aliphatic heterocycles. The Balaban J connectivity index is 1.01. The summed E-state index contributed by atoms with van der Waals surface area (Å²) in [4.78, 5) is 26.5. The minimum absolute atomic E-state index is 0.224. The fourth-order valence-electron chi connectivity index (χ4n) is 6.38. The van der Waals surface area contributed by atoms with E-state index in [1.807, 2.05) is 30.5 Å². The maximum absolute atomic E-state index is 13.5. The number of nitrogens with zero attached hydrogens (tertiary/aromatic N) is 4. The van der Waals surface area contributed by atoms with Crippen LogP contribution in [0.1, 0.15) is 35.4 Å². The first-order valence-corrected chi connectivity index (χ1v) is 15.0. The number of aromatic amines is 2. The fourth-order valence-corrected chi connectivity index (χ4v) is 6.38. The second kappa shape index (κ2) is 12.1. The SMILES string of the molecule is O=C(Nc1cc(-c2cccc3[nH]ccc23)cc2[nH]ncc12)c1cccc(CN2CCC(CCN3CCOCC3)CC2)n1. The number of carbonyl (C=O) groups is 1. The Morgan fingerprint density at radius 1 is 0.952 bits per heavy atom. The molecule has 0 bridgehead atoms. The van der Waals surface area contributed by atoms with Gasteiger partial charge in [-0.2, -0.15) is 5.10 Å². The monoisotopic (exact) mass is 563 g/mol. The van der Waals surface area contributed by atoms with Gasteiger partial charge < -0.3 is 15.0 Å². The minimum atomic E-state index is -0.224. The lowest BCUT2D eigenvalue weighted by molar-refractivity contribution is 0.0334. The number of likely N-dealkylation sites (tertiary alicyclic amines) is 1. The Morgan fingerprint density at radius 3 is 2.69 bits per heavy atom. The molecule has 0 unspecified atom stereocenters. The quantitative estimate of drug-likeness (QED) is 0.237. The van der Waals surface area contributed by atoms with Gasteiger partial charge >= 0.3 is 0 Å². The highest BCUT2D eigenvalue weighted by atomic mass is 16.5. The maximum atomic E-state index is 13.5. The molecule has 1 amide bonds. The third-order valence-electron chi connectivity index (χ3n) is 8.80. The molecule has 3 aromatic heterocycles. The van der Waals surface area contributed by atoms with Gasteiger partial charge in [-0.1, -0.05) is 18.2 Å². The van der Waals surface area contributed by atoms with Crippen molar-refractivity contribution in [3.05, 3.63) is 78.4 Å². The third kappa shape index (κ3) is 5.81. The number of morpholine rings is 1. The van der Waals surface area contributed by atoms with E-state index >= 15 is 0 Å². The zero-order valence-corrected chi connectivity index (χ0v) is 23.8. The maximum Gasteiger partial charge on any atom is 0.274 e. The lowest BCUT2D eigenvalue weighted by Crippen LogP contribution is -2.39. The first-order valence-electron chi connectivity index (χ1n) is 15.0. The highest BCUT2D eigenvalue weighted by Crippen LogP contribution is 2.34. The summed E-state index contributed by atoms with van der Waals surface area (Å²) in [6.45, 7) is 7.97. The van der Waals surface area contributed by atoms with Crippen molar-refractivity contribution >= 4 is 33.4 Å². The molecule has 9 heteroatoms. The summed E-state index contributed by atoms with van der Waals surface area (Å²) < 4.78 is 5.48. The van der Waals surface area contributed by atoms with Gasteiger partial charge in [0.1, 0.15) is 5.69 Å². The molecule has 0 saturated carbocycles. The van der Waals surface area contributed by atoms with Crippen LogP contribution in [0, 0.1) is 5.92 Å². The number of carbonyl (C=O) groups excluding carboxylic acids is 1. The van der Waals surface area contributed by atoms with Crippen LogP contribution in [-0.2, 0) is 11.3 Å². The van der Waals surface area contributed by atoms with Gasteiger partial charge in [-0.15, -0.1) is 0 Å². The Hall–Kier alpha value is -4.05. The molecule has 7 rings (SSSR count). The van der Waals surface area contributed by atoms with Crippen LogP contribution in [0.2, 0.25) is 0 Å². The van der Waals surface area contributed by atoms with Gasteiger partial charge in [-0.3, -0.25) is 19.7 Å². The molecule has 216 valence electrons. The van der Waals surface area contributed by atoms with E-state index < -0.39 is 0 Å². The number of rotatable bonds is 8. The summed E-state index contributed by atoms with van der Waals surface area (Å²) in [6.07, 6.45) is 7.41. The molecule has 0 radical (unpaired) electrons. The average Bonchev–Trinajstić information content (AvgIpc) is 3.71. The predicted molar refractivity (Wildman–Crippen MR) is 165 cm³/mol. The van der Waals surface area contributed by atoms with E-state index in [2.05, 4.69) is 54.6 Å². The number of anilines is 1. The molecule has 0 aliphatic carbocycles. The molecule has 42 heavy (non-hydrogen) atoms. The van der Waals surface area contributed by atoms with E-state index in [1.54, 1.807) is 12.3 Å². The average molecular weight is 564 g/mol. The molecule has 3 N–H and O–H groups in total. The number of hydrogen-bond acceptors (Lipinski definition) is 6. The van der Waals surface area contributed by atoms with E-state index in [4.69, 9.17) is 9.72 Å². The number of pyridine rings is 1. The number of ether oxygens (including phenoxy) is 1. The van der Waals surface area contributed by atoms with Crippen LogP contribution < -0.4 is 5.32 Å². The summed E-state index contributed by atoms with van der Waals surface area (Å²) in [5.74, 6) is 0.562. The molecule has 0 spiro atoms. The number of aromatic nitrogens is 4. The molecule has 5 heterocycles. The zero-order valence-electron chi connectivity index (χ0n) is 23.8. The second-order valence-corrected chi connectivity index (χ2v) is 11.5. The van der Waals surface area contributed by atoms with Gasteiger partial charge in [-0.25, -0.2) is 4.98 Å². The van der Waals surface area contributed by atoms with Crippen molar-refractivity contribution in [1.29, 1.82) is 0 Å². The number of piperidine rings is 1. The smallest absolute Gasteiger partial charge is 0.274 e. The van der Waals surface area contributed by atoms with Crippen molar-refractivity contribution in [1.82, 2.24) is 30.0 Å². The number of H-pyrrole nitrogens is 2. The Labute approximate surface area is 245 Å². The normalized spacial score (nSPS) is 17.2. The van der Waals surface area contributed by atoms with Crippen LogP contribution in [0.4, 0.5) is 5.69 Å². The lowest BCUT2D eigenvalue weighted by Gasteiger charge is -2.33. The highest BCUT2D eigenvalue weighted by Gasteiger charge is 2.22. The summed E-state index contributed by atoms with van der Waals surface area (Å²) in [7, 11) is 0. The van der Waals surface area contributed by atoms with Crippen molar-refractivity contribution in [2.24, 2.45) is 5.92 Å². The van der Waals surface area contributed by atoms with Crippen molar-refractivity contribution in [3.8, 4) is 11.1 Å². The molecule has 9 nitrogen and oxygen atoms in total. The summed E-state index contributed by atoms with van der Waals surface area (Å²) in [5, 5.41) is 12.4. The van der Waals surface area contributed by atoms with Crippen LogP contribution in [0.25, 0.3) is 32.9 Å². The molecule has 5 aromatic rings. The van der Waals surface area contributed by atoms with Crippen molar-refractivity contribution in [2.75, 3.05) is 51.3 Å². The van der Waals surface area contributed by atoms with E-state index in [0.29, 0.717) is 11.4 Å². The zero-order chi connectivity index (χ0) is 28.3. The minimum Gasteiger partial charge on any atom is -0.379 e. The molecule has 2 fully saturated rings.